The van der Waals surface area contributed by atoms with E-state index in [4.69, 9.17) is 0 Å². The highest BCUT2D eigenvalue weighted by atomic mass is 32.2. The molecule has 2 fully saturated rings. The second kappa shape index (κ2) is 4.57. The van der Waals surface area contributed by atoms with Crippen molar-refractivity contribution in [1.29, 1.82) is 0 Å². The minimum atomic E-state index is -2.95. The van der Waals surface area contributed by atoms with Crippen LogP contribution in [0, 0.1) is 5.41 Å². The maximum Gasteiger partial charge on any atom is 0.221 e. The Morgan fingerprint density at radius 2 is 2.18 bits per heavy atom. The molecule has 1 amide bonds. The molecule has 1 heterocycles. The van der Waals surface area contributed by atoms with Crippen molar-refractivity contribution in [3.63, 3.8) is 0 Å². The second-order valence-electron chi connectivity index (χ2n) is 5.56. The molecule has 0 spiro atoms. The number of sulfone groups is 1. The summed E-state index contributed by atoms with van der Waals surface area (Å²) in [6.07, 6.45) is 2.60. The van der Waals surface area contributed by atoms with Crippen LogP contribution in [0.15, 0.2) is 0 Å². The molecule has 2 aliphatic rings. The van der Waals surface area contributed by atoms with E-state index in [2.05, 4.69) is 17.6 Å². The van der Waals surface area contributed by atoms with E-state index < -0.39 is 9.84 Å². The molecule has 2 rings (SSSR count). The van der Waals surface area contributed by atoms with Crippen LogP contribution < -0.4 is 10.6 Å². The first-order valence-electron chi connectivity index (χ1n) is 6.09. The highest BCUT2D eigenvalue weighted by Crippen LogP contribution is 2.43. The van der Waals surface area contributed by atoms with Crippen LogP contribution in [-0.2, 0) is 14.6 Å². The molecule has 6 heteroatoms. The summed E-state index contributed by atoms with van der Waals surface area (Å²) in [5, 5.41) is 5.96. The van der Waals surface area contributed by atoms with Crippen LogP contribution in [0.1, 0.15) is 26.2 Å². The summed E-state index contributed by atoms with van der Waals surface area (Å²) in [6, 6.07) is -0.222. The summed E-state index contributed by atoms with van der Waals surface area (Å²) in [4.78, 5) is 11.7. The minimum Gasteiger partial charge on any atom is -0.356 e. The molecule has 1 unspecified atom stereocenters. The number of amides is 1. The lowest BCUT2D eigenvalue weighted by molar-refractivity contribution is -0.121. The highest BCUT2D eigenvalue weighted by Gasteiger charge is 2.37. The predicted octanol–water partition coefficient (Wildman–Crippen LogP) is -0.321. The van der Waals surface area contributed by atoms with Gasteiger partial charge in [0.15, 0.2) is 9.84 Å². The molecular weight excluding hydrogens is 240 g/mol. The van der Waals surface area contributed by atoms with E-state index >= 15 is 0 Å². The summed E-state index contributed by atoms with van der Waals surface area (Å²) in [7, 11) is -2.95. The normalized spacial score (nSPS) is 29.6. The SMILES string of the molecule is CC1(CNC(=O)CC2CS(=O)(=O)CCN2)CC1. The van der Waals surface area contributed by atoms with Gasteiger partial charge in [0.25, 0.3) is 0 Å². The quantitative estimate of drug-likeness (QED) is 0.726. The number of carbonyl (C=O) groups is 1. The molecule has 98 valence electrons. The van der Waals surface area contributed by atoms with Crippen LogP contribution in [-0.4, -0.2) is 45.0 Å². The van der Waals surface area contributed by atoms with Gasteiger partial charge in [-0.05, 0) is 18.3 Å². The minimum absolute atomic E-state index is 0.0484. The van der Waals surface area contributed by atoms with Gasteiger partial charge < -0.3 is 10.6 Å². The lowest BCUT2D eigenvalue weighted by Crippen LogP contribution is -2.47. The Kier molecular flexibility index (Phi) is 3.45. The topological polar surface area (TPSA) is 75.3 Å². The first-order valence-corrected chi connectivity index (χ1v) is 7.91. The van der Waals surface area contributed by atoms with Crippen molar-refractivity contribution in [1.82, 2.24) is 10.6 Å². The molecule has 1 aliphatic heterocycles. The number of hydrogen-bond donors (Lipinski definition) is 2. The molecule has 0 aromatic rings. The van der Waals surface area contributed by atoms with Gasteiger partial charge in [0, 0.05) is 25.6 Å². The molecule has 1 aliphatic carbocycles. The molecule has 17 heavy (non-hydrogen) atoms. The summed E-state index contributed by atoms with van der Waals surface area (Å²) >= 11 is 0. The van der Waals surface area contributed by atoms with Crippen molar-refractivity contribution in [3.05, 3.63) is 0 Å². The molecule has 1 saturated heterocycles. The standard InChI is InChI=1S/C11H20N2O3S/c1-11(2-3-11)8-13-10(14)6-9-7-17(15,16)5-4-12-9/h9,12H,2-8H2,1H3,(H,13,14). The largest absolute Gasteiger partial charge is 0.356 e. The molecule has 1 saturated carbocycles. The number of carbonyl (C=O) groups excluding carboxylic acids is 1. The third-order valence-corrected chi connectivity index (χ3v) is 5.29. The average Bonchev–Trinajstić information content (AvgIpc) is 2.93. The average molecular weight is 260 g/mol. The van der Waals surface area contributed by atoms with Crippen LogP contribution in [0.25, 0.3) is 0 Å². The van der Waals surface area contributed by atoms with Gasteiger partial charge in [-0.15, -0.1) is 0 Å². The number of hydrogen-bond acceptors (Lipinski definition) is 4. The molecule has 0 aromatic carbocycles. The van der Waals surface area contributed by atoms with Crippen molar-refractivity contribution in [2.24, 2.45) is 5.41 Å². The molecule has 2 N–H and O–H groups in total. The maximum atomic E-state index is 11.7. The summed E-state index contributed by atoms with van der Waals surface area (Å²) in [6.45, 7) is 3.32. The maximum absolute atomic E-state index is 11.7. The summed E-state index contributed by atoms with van der Waals surface area (Å²) in [5.74, 6) is 0.216. The van der Waals surface area contributed by atoms with Gasteiger partial charge in [-0.3, -0.25) is 4.79 Å². The van der Waals surface area contributed by atoms with Gasteiger partial charge in [0.05, 0.1) is 11.5 Å². The van der Waals surface area contributed by atoms with Gasteiger partial charge in [0.1, 0.15) is 0 Å². The Balaban J connectivity index is 1.74. The molecule has 1 atom stereocenters. The Morgan fingerprint density at radius 1 is 1.47 bits per heavy atom. The fourth-order valence-corrected chi connectivity index (χ4v) is 3.44. The van der Waals surface area contributed by atoms with Gasteiger partial charge in [-0.25, -0.2) is 8.42 Å². The molecule has 0 radical (unpaired) electrons. The first-order chi connectivity index (χ1) is 7.89. The van der Waals surface area contributed by atoms with Crippen molar-refractivity contribution in [3.8, 4) is 0 Å². The van der Waals surface area contributed by atoms with E-state index in [-0.39, 0.29) is 29.9 Å². The fourth-order valence-electron chi connectivity index (χ4n) is 2.00. The van der Waals surface area contributed by atoms with Crippen molar-refractivity contribution < 1.29 is 13.2 Å². The fraction of sp³-hybridized carbons (Fsp3) is 0.909. The highest BCUT2D eigenvalue weighted by molar-refractivity contribution is 7.91. The lowest BCUT2D eigenvalue weighted by atomic mass is 10.1. The zero-order valence-electron chi connectivity index (χ0n) is 10.2. The van der Waals surface area contributed by atoms with Crippen LogP contribution in [0.5, 0.6) is 0 Å². The number of rotatable bonds is 4. The van der Waals surface area contributed by atoms with E-state index in [1.165, 1.54) is 12.8 Å². The Labute approximate surface area is 102 Å². The zero-order chi connectivity index (χ0) is 12.5. The Bertz CT molecular complexity index is 401. The smallest absolute Gasteiger partial charge is 0.221 e. The molecular formula is C11H20N2O3S. The van der Waals surface area contributed by atoms with Crippen molar-refractivity contribution in [2.45, 2.75) is 32.2 Å². The Morgan fingerprint density at radius 3 is 2.76 bits per heavy atom. The van der Waals surface area contributed by atoms with Crippen LogP contribution in [0.4, 0.5) is 0 Å². The van der Waals surface area contributed by atoms with E-state index in [0.29, 0.717) is 18.5 Å². The van der Waals surface area contributed by atoms with Gasteiger partial charge in [0.2, 0.25) is 5.91 Å². The monoisotopic (exact) mass is 260 g/mol. The van der Waals surface area contributed by atoms with Gasteiger partial charge in [-0.2, -0.15) is 0 Å². The van der Waals surface area contributed by atoms with E-state index in [0.717, 1.165) is 0 Å². The molecule has 0 bridgehead atoms. The lowest BCUT2D eigenvalue weighted by Gasteiger charge is -2.23. The zero-order valence-corrected chi connectivity index (χ0v) is 11.0. The number of nitrogens with one attached hydrogen (secondary N) is 2. The van der Waals surface area contributed by atoms with Crippen LogP contribution >= 0.6 is 0 Å². The van der Waals surface area contributed by atoms with Crippen LogP contribution in [0.2, 0.25) is 0 Å². The molecule has 5 nitrogen and oxygen atoms in total. The van der Waals surface area contributed by atoms with E-state index in [9.17, 15) is 13.2 Å². The predicted molar refractivity (Wildman–Crippen MR) is 65.4 cm³/mol. The van der Waals surface area contributed by atoms with E-state index in [1.54, 1.807) is 0 Å². The third-order valence-electron chi connectivity index (χ3n) is 3.55. The van der Waals surface area contributed by atoms with E-state index in [1.807, 2.05) is 0 Å². The summed E-state index contributed by atoms with van der Waals surface area (Å²) in [5.41, 5.74) is 0.293. The van der Waals surface area contributed by atoms with Crippen LogP contribution in [0.3, 0.4) is 0 Å². The van der Waals surface area contributed by atoms with Crippen molar-refractivity contribution in [2.75, 3.05) is 24.6 Å². The van der Waals surface area contributed by atoms with Crippen molar-refractivity contribution >= 4 is 15.7 Å². The molecule has 0 aromatic heterocycles. The van der Waals surface area contributed by atoms with Gasteiger partial charge in [-0.1, -0.05) is 6.92 Å². The first kappa shape index (κ1) is 12.8. The Hall–Kier alpha value is -0.620. The third kappa shape index (κ3) is 3.96. The van der Waals surface area contributed by atoms with Gasteiger partial charge >= 0.3 is 0 Å². The second-order valence-corrected chi connectivity index (χ2v) is 7.79. The summed E-state index contributed by atoms with van der Waals surface area (Å²) < 4.78 is 22.8.